The predicted octanol–water partition coefficient (Wildman–Crippen LogP) is 2.64. The minimum atomic E-state index is -4.67. The number of aromatic nitrogens is 1. The number of carbonyl (C=O) groups excluding carboxylic acids is 1. The topological polar surface area (TPSA) is 36.4 Å². The number of carbonyl (C=O) groups is 1. The molecule has 122 valence electrons. The number of likely N-dealkylation sites (N-methyl/N-ethyl adjacent to an activating group) is 1. The molecule has 0 spiro atoms. The first-order chi connectivity index (χ1) is 10.9. The van der Waals surface area contributed by atoms with Crippen LogP contribution in [-0.2, 0) is 6.18 Å². The number of benzene rings is 1. The molecule has 3 rings (SSSR count). The highest BCUT2D eigenvalue weighted by Gasteiger charge is 2.38. The lowest BCUT2D eigenvalue weighted by atomic mass is 10.1. The summed E-state index contributed by atoms with van der Waals surface area (Å²) in [6.45, 7) is 2.13. The van der Waals surface area contributed by atoms with E-state index in [1.54, 1.807) is 18.2 Å². The molecule has 0 aliphatic carbocycles. The van der Waals surface area contributed by atoms with Gasteiger partial charge in [-0.05, 0) is 19.2 Å². The molecular weight excluding hydrogens is 307 g/mol. The van der Waals surface area contributed by atoms with Gasteiger partial charge in [-0.25, -0.2) is 4.98 Å². The number of hydrogen-bond donors (Lipinski definition) is 0. The second kappa shape index (κ2) is 5.81. The highest BCUT2D eigenvalue weighted by molar-refractivity contribution is 5.99. The third-order valence-electron chi connectivity index (χ3n) is 4.01. The molecule has 0 radical (unpaired) electrons. The van der Waals surface area contributed by atoms with E-state index in [9.17, 15) is 18.0 Å². The summed E-state index contributed by atoms with van der Waals surface area (Å²) in [5, 5.41) is 0.526. The van der Waals surface area contributed by atoms with E-state index < -0.39 is 17.8 Å². The summed E-state index contributed by atoms with van der Waals surface area (Å²) in [4.78, 5) is 19.8. The summed E-state index contributed by atoms with van der Waals surface area (Å²) in [5.41, 5.74) is -1.25. The molecule has 0 N–H and O–H groups in total. The van der Waals surface area contributed by atoms with E-state index in [-0.39, 0.29) is 11.1 Å². The highest BCUT2D eigenvalue weighted by atomic mass is 19.4. The molecule has 1 saturated heterocycles. The Kier molecular flexibility index (Phi) is 3.97. The smallest absolute Gasteiger partial charge is 0.336 e. The van der Waals surface area contributed by atoms with E-state index in [2.05, 4.69) is 4.98 Å². The van der Waals surface area contributed by atoms with Crippen molar-refractivity contribution < 1.29 is 18.0 Å². The Labute approximate surface area is 131 Å². The van der Waals surface area contributed by atoms with Gasteiger partial charge in [0.05, 0.1) is 11.1 Å². The largest absolute Gasteiger partial charge is 0.434 e. The highest BCUT2D eigenvalue weighted by Crippen LogP contribution is 2.33. The molecule has 2 aromatic rings. The van der Waals surface area contributed by atoms with Gasteiger partial charge < -0.3 is 9.80 Å². The van der Waals surface area contributed by atoms with E-state index in [1.165, 1.54) is 17.0 Å². The number of fused-ring (bicyclic) bond motifs is 1. The summed E-state index contributed by atoms with van der Waals surface area (Å²) in [5.74, 6) is -0.608. The zero-order chi connectivity index (χ0) is 16.6. The Hall–Kier alpha value is -2.15. The van der Waals surface area contributed by atoms with Crippen LogP contribution in [-0.4, -0.2) is 53.9 Å². The van der Waals surface area contributed by atoms with Crippen LogP contribution < -0.4 is 0 Å². The molecule has 0 unspecified atom stereocenters. The fourth-order valence-electron chi connectivity index (χ4n) is 2.67. The molecule has 1 aromatic heterocycles. The van der Waals surface area contributed by atoms with Gasteiger partial charge in [0.25, 0.3) is 5.91 Å². The van der Waals surface area contributed by atoms with Crippen molar-refractivity contribution >= 4 is 16.8 Å². The van der Waals surface area contributed by atoms with E-state index in [0.29, 0.717) is 31.6 Å². The van der Waals surface area contributed by atoms with Gasteiger partial charge in [0.15, 0.2) is 5.69 Å². The quantitative estimate of drug-likeness (QED) is 0.809. The molecule has 1 amide bonds. The number of para-hydroxylation sites is 1. The molecule has 4 nitrogen and oxygen atoms in total. The van der Waals surface area contributed by atoms with E-state index >= 15 is 0 Å². The first kappa shape index (κ1) is 15.7. The second-order valence-electron chi connectivity index (χ2n) is 5.67. The summed E-state index contributed by atoms with van der Waals surface area (Å²) < 4.78 is 40.0. The minimum Gasteiger partial charge on any atom is -0.336 e. The first-order valence-corrected chi connectivity index (χ1v) is 7.31. The van der Waals surface area contributed by atoms with E-state index in [4.69, 9.17) is 0 Å². The van der Waals surface area contributed by atoms with Crippen LogP contribution in [0.2, 0.25) is 0 Å². The predicted molar refractivity (Wildman–Crippen MR) is 80.1 cm³/mol. The fraction of sp³-hybridized carbons (Fsp3) is 0.375. The average Bonchev–Trinajstić information content (AvgIpc) is 2.53. The summed E-state index contributed by atoms with van der Waals surface area (Å²) in [6, 6.07) is 7.79. The first-order valence-electron chi connectivity index (χ1n) is 7.31. The molecular formula is C16H16F3N3O. The molecule has 0 atom stereocenters. The Balaban J connectivity index is 2.05. The summed E-state index contributed by atoms with van der Waals surface area (Å²) in [7, 11) is 1.92. The fourth-order valence-corrected chi connectivity index (χ4v) is 2.67. The summed E-state index contributed by atoms with van der Waals surface area (Å²) >= 11 is 0. The Morgan fingerprint density at radius 3 is 2.43 bits per heavy atom. The van der Waals surface area contributed by atoms with Crippen molar-refractivity contribution in [3.8, 4) is 0 Å². The molecule has 7 heteroatoms. The number of hydrogen-bond acceptors (Lipinski definition) is 3. The van der Waals surface area contributed by atoms with Crippen molar-refractivity contribution in [2.75, 3.05) is 33.2 Å². The van der Waals surface area contributed by atoms with Gasteiger partial charge >= 0.3 is 6.18 Å². The SMILES string of the molecule is CN1CCN(C(=O)c2cc3ccccc3nc2C(F)(F)F)CC1. The number of piperazine rings is 1. The van der Waals surface area contributed by atoms with Crippen LogP contribution in [0.3, 0.4) is 0 Å². The monoisotopic (exact) mass is 323 g/mol. The van der Waals surface area contributed by atoms with Crippen molar-refractivity contribution in [1.82, 2.24) is 14.8 Å². The lowest BCUT2D eigenvalue weighted by Crippen LogP contribution is -2.47. The molecule has 2 heterocycles. The summed E-state index contributed by atoms with van der Waals surface area (Å²) in [6.07, 6.45) is -4.67. The number of nitrogens with zero attached hydrogens (tertiary/aromatic N) is 3. The van der Waals surface area contributed by atoms with Crippen LogP contribution in [0.1, 0.15) is 16.1 Å². The maximum Gasteiger partial charge on any atom is 0.434 e. The molecule has 0 saturated carbocycles. The minimum absolute atomic E-state index is 0.231. The zero-order valence-electron chi connectivity index (χ0n) is 12.6. The van der Waals surface area contributed by atoms with Crippen LogP contribution in [0.5, 0.6) is 0 Å². The number of pyridine rings is 1. The molecule has 0 bridgehead atoms. The maximum atomic E-state index is 13.3. The van der Waals surface area contributed by atoms with Crippen LogP contribution in [0.4, 0.5) is 13.2 Å². The molecule has 1 aliphatic heterocycles. The number of halogens is 3. The second-order valence-corrected chi connectivity index (χ2v) is 5.67. The van der Waals surface area contributed by atoms with Gasteiger partial charge in [-0.2, -0.15) is 13.2 Å². The Morgan fingerprint density at radius 2 is 1.78 bits per heavy atom. The third-order valence-corrected chi connectivity index (χ3v) is 4.01. The number of alkyl halides is 3. The maximum absolute atomic E-state index is 13.3. The number of rotatable bonds is 1. The molecule has 1 aromatic carbocycles. The Morgan fingerprint density at radius 1 is 1.13 bits per heavy atom. The third kappa shape index (κ3) is 3.14. The van der Waals surface area contributed by atoms with Crippen LogP contribution >= 0.6 is 0 Å². The van der Waals surface area contributed by atoms with Gasteiger partial charge in [0.1, 0.15) is 0 Å². The van der Waals surface area contributed by atoms with Gasteiger partial charge in [-0.15, -0.1) is 0 Å². The molecule has 1 fully saturated rings. The Bertz CT molecular complexity index is 737. The van der Waals surface area contributed by atoms with Gasteiger partial charge in [0.2, 0.25) is 0 Å². The lowest BCUT2D eigenvalue weighted by Gasteiger charge is -2.32. The molecule has 1 aliphatic rings. The molecule has 23 heavy (non-hydrogen) atoms. The van der Waals surface area contributed by atoms with Crippen molar-refractivity contribution in [3.63, 3.8) is 0 Å². The van der Waals surface area contributed by atoms with Crippen molar-refractivity contribution in [1.29, 1.82) is 0 Å². The normalized spacial score (nSPS) is 16.8. The zero-order valence-corrected chi connectivity index (χ0v) is 12.6. The van der Waals surface area contributed by atoms with Crippen LogP contribution in [0, 0.1) is 0 Å². The number of amides is 1. The van der Waals surface area contributed by atoms with Crippen LogP contribution in [0.15, 0.2) is 30.3 Å². The van der Waals surface area contributed by atoms with E-state index in [0.717, 1.165) is 0 Å². The van der Waals surface area contributed by atoms with Crippen LogP contribution in [0.25, 0.3) is 10.9 Å². The van der Waals surface area contributed by atoms with E-state index in [1.807, 2.05) is 11.9 Å². The lowest BCUT2D eigenvalue weighted by molar-refractivity contribution is -0.141. The van der Waals surface area contributed by atoms with Gasteiger partial charge in [-0.1, -0.05) is 18.2 Å². The van der Waals surface area contributed by atoms with Crippen molar-refractivity contribution in [2.45, 2.75) is 6.18 Å². The van der Waals surface area contributed by atoms with Gasteiger partial charge in [-0.3, -0.25) is 4.79 Å². The van der Waals surface area contributed by atoms with Crippen molar-refractivity contribution in [2.24, 2.45) is 0 Å². The standard InChI is InChI=1S/C16H16F3N3O/c1-21-6-8-22(9-7-21)15(23)12-10-11-4-2-3-5-13(11)20-14(12)16(17,18)19/h2-5,10H,6-9H2,1H3. The average molecular weight is 323 g/mol. The van der Waals surface area contributed by atoms with Crippen molar-refractivity contribution in [3.05, 3.63) is 41.6 Å². The van der Waals surface area contributed by atoms with Gasteiger partial charge in [0, 0.05) is 31.6 Å².